The van der Waals surface area contributed by atoms with Crippen LogP contribution < -0.4 is 0 Å². The van der Waals surface area contributed by atoms with Crippen LogP contribution in [0.3, 0.4) is 0 Å². The van der Waals surface area contributed by atoms with Gasteiger partial charge in [-0.15, -0.1) is 0 Å². The van der Waals surface area contributed by atoms with E-state index in [-0.39, 0.29) is 0 Å². The summed E-state index contributed by atoms with van der Waals surface area (Å²) in [5, 5.41) is 57.7. The fraction of sp³-hybridized carbons (Fsp3) is 0.759. The molecule has 0 aliphatic rings. The molecule has 0 aromatic rings. The minimum absolute atomic E-state index is 0.345. The second kappa shape index (κ2) is 35.7. The monoisotopic (exact) mass is 564 g/mol. The number of carbonyl (C=O) groups is 3. The van der Waals surface area contributed by atoms with Gasteiger partial charge in [0.25, 0.3) is 0 Å². The fourth-order valence-electron chi connectivity index (χ4n) is 2.95. The first-order valence-electron chi connectivity index (χ1n) is 13.9. The molecule has 0 aliphatic heterocycles. The first-order chi connectivity index (χ1) is 18.6. The van der Waals surface area contributed by atoms with E-state index in [2.05, 4.69) is 20.1 Å². The number of aliphatic hydroxyl groups is 4. The third kappa shape index (κ3) is 43.0. The van der Waals surface area contributed by atoms with E-state index in [4.69, 9.17) is 35.7 Å². The van der Waals surface area contributed by atoms with Crippen molar-refractivity contribution in [2.45, 2.75) is 110 Å². The SMILES string of the molecule is C=CC(=O)O.C=CC(=O)O.CCCCCCCCCCCCCCCCCC(=O)O.OCC(CO)(CO)CO. The second-order valence-electron chi connectivity index (χ2n) is 9.31. The standard InChI is InChI=1S/C18H36O2.C5H12O4.2C3H4O2/c1-2-3-4-5-6-7-8-9-10-11-12-13-14-15-16-17-18(19)20;6-1-5(2-7,3-8)4-9;2*1-2-3(4)5/h2-17H2,1H3,(H,19,20);6-9H,1-4H2;2*2H,1H2,(H,4,5). The highest BCUT2D eigenvalue weighted by molar-refractivity contribution is 5.79. The van der Waals surface area contributed by atoms with E-state index in [1.54, 1.807) is 0 Å². The Kier molecular flexibility index (Phi) is 40.1. The highest BCUT2D eigenvalue weighted by atomic mass is 16.4. The number of carboxylic acids is 3. The molecule has 0 saturated carbocycles. The lowest BCUT2D eigenvalue weighted by molar-refractivity contribution is -0.137. The van der Waals surface area contributed by atoms with Gasteiger partial charge in [-0.3, -0.25) is 4.79 Å². The van der Waals surface area contributed by atoms with Crippen molar-refractivity contribution in [2.24, 2.45) is 5.41 Å². The molecule has 0 aromatic carbocycles. The number of unbranched alkanes of at least 4 members (excludes halogenated alkanes) is 14. The van der Waals surface area contributed by atoms with Crippen LogP contribution in [0.15, 0.2) is 25.3 Å². The van der Waals surface area contributed by atoms with Gasteiger partial charge in [0, 0.05) is 18.6 Å². The van der Waals surface area contributed by atoms with Crippen molar-refractivity contribution in [2.75, 3.05) is 26.4 Å². The molecule has 7 N–H and O–H groups in total. The lowest BCUT2D eigenvalue weighted by Crippen LogP contribution is -2.37. The van der Waals surface area contributed by atoms with Crippen LogP contribution in [-0.2, 0) is 14.4 Å². The molecule has 39 heavy (non-hydrogen) atoms. The number of hydrogen-bond acceptors (Lipinski definition) is 7. The predicted octanol–water partition coefficient (Wildman–Crippen LogP) is 4.79. The van der Waals surface area contributed by atoms with Gasteiger partial charge >= 0.3 is 17.9 Å². The number of aliphatic hydroxyl groups excluding tert-OH is 4. The molecule has 0 rings (SSSR count). The normalized spacial score (nSPS) is 9.97. The summed E-state index contributed by atoms with van der Waals surface area (Å²) < 4.78 is 0. The van der Waals surface area contributed by atoms with Gasteiger partial charge in [-0.25, -0.2) is 9.59 Å². The topological polar surface area (TPSA) is 193 Å². The molecule has 0 unspecified atom stereocenters. The fourth-order valence-corrected chi connectivity index (χ4v) is 2.95. The van der Waals surface area contributed by atoms with E-state index in [0.29, 0.717) is 6.42 Å². The molecule has 0 aliphatic carbocycles. The summed E-state index contributed by atoms with van der Waals surface area (Å²) in [7, 11) is 0. The Balaban J connectivity index is -0.000000263. The second-order valence-corrected chi connectivity index (χ2v) is 9.31. The third-order valence-corrected chi connectivity index (χ3v) is 5.69. The molecule has 0 radical (unpaired) electrons. The molecular weight excluding hydrogens is 508 g/mol. The minimum atomic E-state index is -1.11. The number of rotatable bonds is 22. The molecule has 10 heteroatoms. The average molecular weight is 565 g/mol. The summed E-state index contributed by atoms with van der Waals surface area (Å²) in [6, 6.07) is 0. The van der Waals surface area contributed by atoms with Gasteiger partial charge in [0.1, 0.15) is 0 Å². The smallest absolute Gasteiger partial charge is 0.327 e. The molecular formula is C29H56O10. The van der Waals surface area contributed by atoms with Crippen LogP contribution in [0, 0.1) is 5.41 Å². The van der Waals surface area contributed by atoms with Crippen LogP contribution >= 0.6 is 0 Å². The van der Waals surface area contributed by atoms with Crippen molar-refractivity contribution in [3.63, 3.8) is 0 Å². The average Bonchev–Trinajstić information content (AvgIpc) is 2.93. The Hall–Kier alpha value is -2.27. The largest absolute Gasteiger partial charge is 0.481 e. The predicted molar refractivity (Wildman–Crippen MR) is 154 cm³/mol. The van der Waals surface area contributed by atoms with Crippen LogP contribution in [0.5, 0.6) is 0 Å². The van der Waals surface area contributed by atoms with Crippen LogP contribution in [-0.4, -0.2) is 80.1 Å². The molecule has 232 valence electrons. The van der Waals surface area contributed by atoms with Crippen molar-refractivity contribution in [3.05, 3.63) is 25.3 Å². The van der Waals surface area contributed by atoms with Crippen molar-refractivity contribution in [1.29, 1.82) is 0 Å². The Morgan fingerprint density at radius 2 is 0.769 bits per heavy atom. The Labute approximate surface area is 235 Å². The van der Waals surface area contributed by atoms with E-state index >= 15 is 0 Å². The Morgan fingerprint density at radius 3 is 0.923 bits per heavy atom. The molecule has 0 bridgehead atoms. The van der Waals surface area contributed by atoms with Crippen molar-refractivity contribution >= 4 is 17.9 Å². The molecule has 0 fully saturated rings. The van der Waals surface area contributed by atoms with Crippen molar-refractivity contribution in [1.82, 2.24) is 0 Å². The summed E-state index contributed by atoms with van der Waals surface area (Å²) in [5.41, 5.74) is -1.11. The molecule has 0 spiro atoms. The molecule has 0 heterocycles. The summed E-state index contributed by atoms with van der Waals surface area (Å²) in [4.78, 5) is 28.8. The number of hydrogen-bond donors (Lipinski definition) is 7. The quantitative estimate of drug-likeness (QED) is 0.0710. The Bertz CT molecular complexity index is 539. The summed E-state index contributed by atoms with van der Waals surface area (Å²) in [5.74, 6) is -2.62. The minimum Gasteiger partial charge on any atom is -0.481 e. The van der Waals surface area contributed by atoms with Crippen molar-refractivity contribution in [3.8, 4) is 0 Å². The van der Waals surface area contributed by atoms with Crippen molar-refractivity contribution < 1.29 is 50.1 Å². The first-order valence-corrected chi connectivity index (χ1v) is 13.9. The maximum atomic E-state index is 10.3. The van der Waals surface area contributed by atoms with Gasteiger partial charge in [0.15, 0.2) is 0 Å². The van der Waals surface area contributed by atoms with E-state index in [0.717, 1.165) is 25.0 Å². The van der Waals surface area contributed by atoms with E-state index in [1.807, 2.05) is 0 Å². The lowest BCUT2D eigenvalue weighted by Gasteiger charge is -2.23. The first kappa shape index (κ1) is 43.8. The zero-order valence-corrected chi connectivity index (χ0v) is 24.1. The van der Waals surface area contributed by atoms with Gasteiger partial charge in [0.05, 0.1) is 31.8 Å². The van der Waals surface area contributed by atoms with E-state index in [9.17, 15) is 14.4 Å². The van der Waals surface area contributed by atoms with Crippen LogP contribution in [0.4, 0.5) is 0 Å². The van der Waals surface area contributed by atoms with Gasteiger partial charge in [-0.05, 0) is 6.42 Å². The van der Waals surface area contributed by atoms with Crippen LogP contribution in [0.2, 0.25) is 0 Å². The van der Waals surface area contributed by atoms with Gasteiger partial charge in [-0.2, -0.15) is 0 Å². The summed E-state index contributed by atoms with van der Waals surface area (Å²) in [6.07, 6.45) is 21.9. The summed E-state index contributed by atoms with van der Waals surface area (Å²) >= 11 is 0. The molecule has 10 nitrogen and oxygen atoms in total. The third-order valence-electron chi connectivity index (χ3n) is 5.69. The Morgan fingerprint density at radius 1 is 0.538 bits per heavy atom. The molecule has 0 amide bonds. The molecule has 0 aromatic heterocycles. The van der Waals surface area contributed by atoms with Crippen LogP contribution in [0.1, 0.15) is 110 Å². The molecule has 0 atom stereocenters. The lowest BCUT2D eigenvalue weighted by atomic mass is 9.93. The highest BCUT2D eigenvalue weighted by Gasteiger charge is 2.26. The van der Waals surface area contributed by atoms with Crippen LogP contribution in [0.25, 0.3) is 0 Å². The maximum Gasteiger partial charge on any atom is 0.327 e. The molecule has 0 saturated heterocycles. The zero-order chi connectivity index (χ0) is 30.8. The van der Waals surface area contributed by atoms with E-state index < -0.39 is 49.8 Å². The number of aliphatic carboxylic acids is 3. The van der Waals surface area contributed by atoms with E-state index in [1.165, 1.54) is 83.5 Å². The maximum absolute atomic E-state index is 10.3. The summed E-state index contributed by atoms with van der Waals surface area (Å²) in [6.45, 7) is 6.57. The zero-order valence-electron chi connectivity index (χ0n) is 24.1. The van der Waals surface area contributed by atoms with Gasteiger partial charge in [0.2, 0.25) is 0 Å². The van der Waals surface area contributed by atoms with Gasteiger partial charge in [-0.1, -0.05) is 110 Å². The number of carboxylic acid groups (broad SMARTS) is 3. The highest BCUT2D eigenvalue weighted by Crippen LogP contribution is 2.14. The van der Waals surface area contributed by atoms with Gasteiger partial charge < -0.3 is 35.7 Å².